The lowest BCUT2D eigenvalue weighted by Crippen LogP contribution is -2.35. The number of aliphatic imine (C=N–C) groups is 1. The van der Waals surface area contributed by atoms with Crippen molar-refractivity contribution in [2.75, 3.05) is 28.2 Å². The highest BCUT2D eigenvalue weighted by molar-refractivity contribution is 14.0. The fourth-order valence-electron chi connectivity index (χ4n) is 1.34. The minimum absolute atomic E-state index is 0. The topological polar surface area (TPSA) is 31.7 Å². The lowest BCUT2D eigenvalue weighted by Gasteiger charge is -2.22. The summed E-state index contributed by atoms with van der Waals surface area (Å²) < 4.78 is 0. The summed E-state index contributed by atoms with van der Waals surface area (Å²) in [4.78, 5) is 12.6. The van der Waals surface area contributed by atoms with E-state index in [1.54, 1.807) is 6.20 Å². The first-order valence-corrected chi connectivity index (χ1v) is 4.89. The monoisotopic (exact) mass is 334 g/mol. The van der Waals surface area contributed by atoms with Crippen LogP contribution in [0.3, 0.4) is 0 Å². The molecule has 1 aromatic heterocycles. The molecule has 0 saturated carbocycles. The molecule has 0 radical (unpaired) electrons. The van der Waals surface area contributed by atoms with Crippen molar-refractivity contribution in [1.29, 1.82) is 0 Å². The predicted octanol–water partition coefficient (Wildman–Crippen LogP) is 1.68. The first kappa shape index (κ1) is 15.2. The van der Waals surface area contributed by atoms with Gasteiger partial charge in [0, 0.05) is 40.6 Å². The first-order valence-electron chi connectivity index (χ1n) is 4.89. The lowest BCUT2D eigenvalue weighted by atomic mass is 10.3. The third-order valence-electron chi connectivity index (χ3n) is 1.93. The molecule has 4 nitrogen and oxygen atoms in total. The van der Waals surface area contributed by atoms with E-state index in [1.807, 2.05) is 56.3 Å². The number of pyridine rings is 1. The van der Waals surface area contributed by atoms with Crippen molar-refractivity contribution in [1.82, 2.24) is 14.8 Å². The van der Waals surface area contributed by atoms with Crippen molar-refractivity contribution >= 4 is 29.9 Å². The number of guanidine groups is 1. The van der Waals surface area contributed by atoms with Crippen LogP contribution in [0.2, 0.25) is 0 Å². The second kappa shape index (κ2) is 7.43. The van der Waals surface area contributed by atoms with E-state index in [9.17, 15) is 0 Å². The van der Waals surface area contributed by atoms with E-state index in [-0.39, 0.29) is 24.0 Å². The summed E-state index contributed by atoms with van der Waals surface area (Å²) in [5, 5.41) is 0. The minimum Gasteiger partial charge on any atom is -0.349 e. The quantitative estimate of drug-likeness (QED) is 0.469. The van der Waals surface area contributed by atoms with Crippen molar-refractivity contribution in [2.45, 2.75) is 6.54 Å². The van der Waals surface area contributed by atoms with Gasteiger partial charge >= 0.3 is 0 Å². The van der Waals surface area contributed by atoms with E-state index in [2.05, 4.69) is 9.98 Å². The number of rotatable bonds is 2. The average molecular weight is 334 g/mol. The lowest BCUT2D eigenvalue weighted by molar-refractivity contribution is 0.479. The highest BCUT2D eigenvalue weighted by Gasteiger charge is 2.03. The molecule has 0 fully saturated rings. The molecule has 1 aromatic rings. The van der Waals surface area contributed by atoms with E-state index in [4.69, 9.17) is 0 Å². The maximum absolute atomic E-state index is 4.52. The standard InChI is InChI=1S/C11H18N4.HI/c1-14(2)11(15(3)4)13-9-10-6-5-7-12-8-10;/h5-8H,9H2,1-4H3;1H. The fraction of sp³-hybridized carbons (Fsp3) is 0.455. The number of nitrogens with zero attached hydrogens (tertiary/aromatic N) is 4. The van der Waals surface area contributed by atoms with Gasteiger partial charge in [-0.2, -0.15) is 0 Å². The van der Waals surface area contributed by atoms with Crippen molar-refractivity contribution in [3.63, 3.8) is 0 Å². The summed E-state index contributed by atoms with van der Waals surface area (Å²) in [6, 6.07) is 3.95. The molecule has 0 aliphatic carbocycles. The van der Waals surface area contributed by atoms with Crippen LogP contribution in [0.4, 0.5) is 0 Å². The summed E-state index contributed by atoms with van der Waals surface area (Å²) in [6.45, 7) is 0.666. The first-order chi connectivity index (χ1) is 7.11. The van der Waals surface area contributed by atoms with Crippen LogP contribution in [0.25, 0.3) is 0 Å². The van der Waals surface area contributed by atoms with E-state index in [0.717, 1.165) is 11.5 Å². The number of hydrogen-bond donors (Lipinski definition) is 0. The summed E-state index contributed by atoms with van der Waals surface area (Å²) in [5.74, 6) is 0.957. The Kier molecular flexibility index (Phi) is 7.03. The largest absolute Gasteiger partial charge is 0.349 e. The summed E-state index contributed by atoms with van der Waals surface area (Å²) >= 11 is 0. The molecular formula is C11H19IN4. The smallest absolute Gasteiger partial charge is 0.195 e. The van der Waals surface area contributed by atoms with Gasteiger partial charge in [-0.3, -0.25) is 4.98 Å². The third kappa shape index (κ3) is 4.78. The second-order valence-electron chi connectivity index (χ2n) is 3.77. The molecule has 0 amide bonds. The molecule has 16 heavy (non-hydrogen) atoms. The van der Waals surface area contributed by atoms with Gasteiger partial charge in [-0.05, 0) is 11.6 Å². The van der Waals surface area contributed by atoms with Gasteiger partial charge in [0.1, 0.15) is 0 Å². The van der Waals surface area contributed by atoms with Gasteiger partial charge < -0.3 is 9.80 Å². The molecule has 0 N–H and O–H groups in total. The van der Waals surface area contributed by atoms with Crippen LogP contribution in [-0.4, -0.2) is 48.9 Å². The maximum atomic E-state index is 4.52. The van der Waals surface area contributed by atoms with Crippen LogP contribution in [0.15, 0.2) is 29.5 Å². The average Bonchev–Trinajstić information content (AvgIpc) is 2.18. The molecule has 1 heterocycles. The Morgan fingerprint density at radius 3 is 2.31 bits per heavy atom. The Morgan fingerprint density at radius 1 is 1.25 bits per heavy atom. The summed E-state index contributed by atoms with van der Waals surface area (Å²) in [6.07, 6.45) is 3.61. The molecule has 90 valence electrons. The van der Waals surface area contributed by atoms with Crippen molar-refractivity contribution in [3.05, 3.63) is 30.1 Å². The van der Waals surface area contributed by atoms with E-state index in [1.165, 1.54) is 0 Å². The van der Waals surface area contributed by atoms with Crippen LogP contribution in [0.1, 0.15) is 5.56 Å². The van der Waals surface area contributed by atoms with Crippen molar-refractivity contribution in [3.8, 4) is 0 Å². The van der Waals surface area contributed by atoms with E-state index in [0.29, 0.717) is 6.54 Å². The molecule has 0 aliphatic heterocycles. The van der Waals surface area contributed by atoms with Gasteiger partial charge in [0.25, 0.3) is 0 Å². The number of hydrogen-bond acceptors (Lipinski definition) is 2. The van der Waals surface area contributed by atoms with Gasteiger partial charge in [0.05, 0.1) is 6.54 Å². The van der Waals surface area contributed by atoms with Gasteiger partial charge in [-0.15, -0.1) is 24.0 Å². The molecule has 0 unspecified atom stereocenters. The predicted molar refractivity (Wildman–Crippen MR) is 78.2 cm³/mol. The normalized spacial score (nSPS) is 9.00. The van der Waals surface area contributed by atoms with Gasteiger partial charge in [-0.25, -0.2) is 4.99 Å². The van der Waals surface area contributed by atoms with Crippen LogP contribution >= 0.6 is 24.0 Å². The van der Waals surface area contributed by atoms with Gasteiger partial charge in [0.15, 0.2) is 5.96 Å². The zero-order valence-electron chi connectivity index (χ0n) is 10.2. The van der Waals surface area contributed by atoms with Crippen LogP contribution in [-0.2, 0) is 6.54 Å². The highest BCUT2D eigenvalue weighted by Crippen LogP contribution is 1.99. The minimum atomic E-state index is 0. The molecule has 0 atom stereocenters. The van der Waals surface area contributed by atoms with Crippen LogP contribution in [0.5, 0.6) is 0 Å². The van der Waals surface area contributed by atoms with Crippen LogP contribution in [0, 0.1) is 0 Å². The number of halogens is 1. The van der Waals surface area contributed by atoms with Crippen LogP contribution < -0.4 is 0 Å². The molecule has 0 aromatic carbocycles. The molecule has 1 rings (SSSR count). The molecule has 0 aliphatic rings. The Hall–Kier alpha value is -0.850. The van der Waals surface area contributed by atoms with Crippen molar-refractivity contribution < 1.29 is 0 Å². The zero-order valence-corrected chi connectivity index (χ0v) is 12.5. The Balaban J connectivity index is 0.00000225. The number of aromatic nitrogens is 1. The zero-order chi connectivity index (χ0) is 11.3. The van der Waals surface area contributed by atoms with Gasteiger partial charge in [-0.1, -0.05) is 6.07 Å². The van der Waals surface area contributed by atoms with E-state index >= 15 is 0 Å². The molecule has 0 spiro atoms. The third-order valence-corrected chi connectivity index (χ3v) is 1.93. The molecule has 0 saturated heterocycles. The Morgan fingerprint density at radius 2 is 1.88 bits per heavy atom. The van der Waals surface area contributed by atoms with E-state index < -0.39 is 0 Å². The van der Waals surface area contributed by atoms with Crippen molar-refractivity contribution in [2.24, 2.45) is 4.99 Å². The summed E-state index contributed by atoms with van der Waals surface area (Å²) in [7, 11) is 7.95. The SMILES string of the molecule is CN(C)C(=NCc1cccnc1)N(C)C.I. The maximum Gasteiger partial charge on any atom is 0.195 e. The fourth-order valence-corrected chi connectivity index (χ4v) is 1.34. The molecule has 0 bridgehead atoms. The molecular weight excluding hydrogens is 315 g/mol. The molecule has 5 heteroatoms. The Bertz CT molecular complexity index is 312. The second-order valence-corrected chi connectivity index (χ2v) is 3.77. The Labute approximate surface area is 114 Å². The summed E-state index contributed by atoms with van der Waals surface area (Å²) in [5.41, 5.74) is 1.12. The van der Waals surface area contributed by atoms with Gasteiger partial charge in [0.2, 0.25) is 0 Å². The highest BCUT2D eigenvalue weighted by atomic mass is 127.